The average Bonchev–Trinajstić information content (AvgIpc) is 2.48. The van der Waals surface area contributed by atoms with E-state index >= 15 is 0 Å². The number of ether oxygens (including phenoxy) is 2. The fraction of sp³-hybridized carbons (Fsp3) is 0.625. The Bertz CT molecular complexity index is 431. The molecule has 1 aliphatic heterocycles. The summed E-state index contributed by atoms with van der Waals surface area (Å²) < 4.78 is 11.3. The number of fused-ring (bicyclic) bond motifs is 1. The van der Waals surface area contributed by atoms with Crippen molar-refractivity contribution in [2.75, 3.05) is 26.8 Å². The molecule has 2 aliphatic rings. The molecule has 104 valence electrons. The van der Waals surface area contributed by atoms with E-state index in [-0.39, 0.29) is 0 Å². The summed E-state index contributed by atoms with van der Waals surface area (Å²) in [5, 5.41) is 3.34. The molecule has 1 saturated carbocycles. The first-order valence-corrected chi connectivity index (χ1v) is 7.42. The first-order chi connectivity index (χ1) is 9.38. The maximum absolute atomic E-state index is 5.71. The molecule has 1 heterocycles. The van der Waals surface area contributed by atoms with Crippen molar-refractivity contribution < 1.29 is 9.47 Å². The maximum Gasteiger partial charge on any atom is 0.161 e. The molecule has 19 heavy (non-hydrogen) atoms. The predicted octanol–water partition coefficient (Wildman–Crippen LogP) is 2.95. The minimum Gasteiger partial charge on any atom is -0.486 e. The molecular formula is C16H23NO2. The van der Waals surface area contributed by atoms with Gasteiger partial charge in [0.2, 0.25) is 0 Å². The molecule has 0 aromatic heterocycles. The molecule has 0 saturated heterocycles. The highest BCUT2D eigenvalue weighted by atomic mass is 16.6. The Balaban J connectivity index is 1.83. The van der Waals surface area contributed by atoms with Gasteiger partial charge in [0.25, 0.3) is 0 Å². The van der Waals surface area contributed by atoms with Gasteiger partial charge in [0, 0.05) is 0 Å². The molecule has 2 atom stereocenters. The number of hydrogen-bond donors (Lipinski definition) is 1. The van der Waals surface area contributed by atoms with Crippen molar-refractivity contribution in [3.05, 3.63) is 23.8 Å². The molecule has 0 spiro atoms. The van der Waals surface area contributed by atoms with E-state index in [1.165, 1.54) is 31.2 Å². The Hall–Kier alpha value is -1.22. The number of hydrogen-bond acceptors (Lipinski definition) is 3. The first kappa shape index (κ1) is 12.8. The second-order valence-electron chi connectivity index (χ2n) is 5.61. The lowest BCUT2D eigenvalue weighted by molar-refractivity contribution is 0.171. The minimum absolute atomic E-state index is 0.664. The van der Waals surface area contributed by atoms with Crippen molar-refractivity contribution in [2.24, 2.45) is 5.92 Å². The standard InChI is InChI=1S/C16H23NO2/c1-17-11-13-4-2-3-5-14(13)12-6-7-15-16(10-12)19-9-8-18-15/h6-7,10,13-14,17H,2-5,8-9,11H2,1H3. The topological polar surface area (TPSA) is 30.5 Å². The summed E-state index contributed by atoms with van der Waals surface area (Å²) in [6.07, 6.45) is 5.35. The summed E-state index contributed by atoms with van der Waals surface area (Å²) in [5.41, 5.74) is 1.42. The second kappa shape index (κ2) is 5.83. The Morgan fingerprint density at radius 2 is 1.89 bits per heavy atom. The summed E-state index contributed by atoms with van der Waals surface area (Å²) in [5.74, 6) is 3.24. The summed E-state index contributed by atoms with van der Waals surface area (Å²) in [6, 6.07) is 6.51. The van der Waals surface area contributed by atoms with Crippen LogP contribution in [0.5, 0.6) is 11.5 Å². The van der Waals surface area contributed by atoms with Gasteiger partial charge in [-0.1, -0.05) is 18.9 Å². The van der Waals surface area contributed by atoms with Crippen LogP contribution in [0.2, 0.25) is 0 Å². The highest BCUT2D eigenvalue weighted by molar-refractivity contribution is 5.45. The van der Waals surface area contributed by atoms with Gasteiger partial charge in [-0.3, -0.25) is 0 Å². The minimum atomic E-state index is 0.664. The molecule has 3 nitrogen and oxygen atoms in total. The lowest BCUT2D eigenvalue weighted by atomic mass is 9.75. The molecule has 1 aliphatic carbocycles. The van der Waals surface area contributed by atoms with Crippen LogP contribution < -0.4 is 14.8 Å². The smallest absolute Gasteiger partial charge is 0.161 e. The van der Waals surface area contributed by atoms with Gasteiger partial charge in [0.1, 0.15) is 13.2 Å². The monoisotopic (exact) mass is 261 g/mol. The van der Waals surface area contributed by atoms with E-state index in [0.717, 1.165) is 24.0 Å². The van der Waals surface area contributed by atoms with E-state index in [1.807, 2.05) is 0 Å². The Morgan fingerprint density at radius 3 is 2.74 bits per heavy atom. The Morgan fingerprint density at radius 1 is 1.11 bits per heavy atom. The lowest BCUT2D eigenvalue weighted by Crippen LogP contribution is -2.27. The third-order valence-electron chi connectivity index (χ3n) is 4.37. The van der Waals surface area contributed by atoms with E-state index in [2.05, 4.69) is 30.6 Å². The highest BCUT2D eigenvalue weighted by Gasteiger charge is 2.27. The van der Waals surface area contributed by atoms with Crippen LogP contribution in [-0.4, -0.2) is 26.8 Å². The molecule has 0 radical (unpaired) electrons. The van der Waals surface area contributed by atoms with Crippen molar-refractivity contribution in [1.82, 2.24) is 5.32 Å². The third-order valence-corrected chi connectivity index (χ3v) is 4.37. The predicted molar refractivity (Wildman–Crippen MR) is 76.1 cm³/mol. The summed E-state index contributed by atoms with van der Waals surface area (Å²) in [7, 11) is 2.05. The number of rotatable bonds is 3. The molecule has 1 aromatic carbocycles. The van der Waals surface area contributed by atoms with Gasteiger partial charge < -0.3 is 14.8 Å². The number of benzene rings is 1. The van der Waals surface area contributed by atoms with E-state index < -0.39 is 0 Å². The molecule has 1 fully saturated rings. The maximum atomic E-state index is 5.71. The van der Waals surface area contributed by atoms with Crippen molar-refractivity contribution in [3.8, 4) is 11.5 Å². The van der Waals surface area contributed by atoms with Crippen LogP contribution in [0, 0.1) is 5.92 Å². The normalized spacial score (nSPS) is 26.2. The molecule has 0 bridgehead atoms. The van der Waals surface area contributed by atoms with Gasteiger partial charge in [0.05, 0.1) is 0 Å². The van der Waals surface area contributed by atoms with Crippen LogP contribution in [0.25, 0.3) is 0 Å². The zero-order valence-corrected chi connectivity index (χ0v) is 11.7. The zero-order chi connectivity index (χ0) is 13.1. The molecule has 3 rings (SSSR count). The van der Waals surface area contributed by atoms with E-state index in [9.17, 15) is 0 Å². The SMILES string of the molecule is CNCC1CCCCC1c1ccc2c(c1)OCCO2. The Labute approximate surface area is 115 Å². The molecule has 3 heteroatoms. The largest absolute Gasteiger partial charge is 0.486 e. The van der Waals surface area contributed by atoms with Crippen LogP contribution in [0.4, 0.5) is 0 Å². The summed E-state index contributed by atoms with van der Waals surface area (Å²) in [4.78, 5) is 0. The molecule has 0 amide bonds. The van der Waals surface area contributed by atoms with Gasteiger partial charge in [-0.2, -0.15) is 0 Å². The van der Waals surface area contributed by atoms with Crippen molar-refractivity contribution >= 4 is 0 Å². The van der Waals surface area contributed by atoms with Gasteiger partial charge >= 0.3 is 0 Å². The fourth-order valence-electron chi connectivity index (χ4n) is 3.44. The van der Waals surface area contributed by atoms with Crippen molar-refractivity contribution in [1.29, 1.82) is 0 Å². The second-order valence-corrected chi connectivity index (χ2v) is 5.61. The van der Waals surface area contributed by atoms with Gasteiger partial charge in [-0.05, 0) is 56.0 Å². The van der Waals surface area contributed by atoms with E-state index in [4.69, 9.17) is 9.47 Å². The van der Waals surface area contributed by atoms with Gasteiger partial charge in [-0.15, -0.1) is 0 Å². The van der Waals surface area contributed by atoms with Gasteiger partial charge in [0.15, 0.2) is 11.5 Å². The van der Waals surface area contributed by atoms with E-state index in [1.54, 1.807) is 0 Å². The zero-order valence-electron chi connectivity index (χ0n) is 11.7. The van der Waals surface area contributed by atoms with Crippen LogP contribution in [0.3, 0.4) is 0 Å². The molecule has 1 N–H and O–H groups in total. The lowest BCUT2D eigenvalue weighted by Gasteiger charge is -2.32. The van der Waals surface area contributed by atoms with Crippen LogP contribution in [0.1, 0.15) is 37.2 Å². The molecule has 1 aromatic rings. The molecular weight excluding hydrogens is 238 g/mol. The van der Waals surface area contributed by atoms with Crippen LogP contribution in [0.15, 0.2) is 18.2 Å². The quantitative estimate of drug-likeness (QED) is 0.907. The van der Waals surface area contributed by atoms with Crippen LogP contribution >= 0.6 is 0 Å². The first-order valence-electron chi connectivity index (χ1n) is 7.42. The third kappa shape index (κ3) is 2.71. The Kier molecular flexibility index (Phi) is 3.92. The van der Waals surface area contributed by atoms with Crippen LogP contribution in [-0.2, 0) is 0 Å². The fourth-order valence-corrected chi connectivity index (χ4v) is 3.44. The summed E-state index contributed by atoms with van der Waals surface area (Å²) >= 11 is 0. The van der Waals surface area contributed by atoms with Gasteiger partial charge in [-0.25, -0.2) is 0 Å². The molecule has 2 unspecified atom stereocenters. The number of nitrogens with one attached hydrogen (secondary N) is 1. The highest BCUT2D eigenvalue weighted by Crippen LogP contribution is 2.41. The van der Waals surface area contributed by atoms with Crippen molar-refractivity contribution in [2.45, 2.75) is 31.6 Å². The summed E-state index contributed by atoms with van der Waals surface area (Å²) in [6.45, 7) is 2.44. The van der Waals surface area contributed by atoms with Crippen molar-refractivity contribution in [3.63, 3.8) is 0 Å². The average molecular weight is 261 g/mol. The van der Waals surface area contributed by atoms with E-state index in [0.29, 0.717) is 19.1 Å².